The zero-order valence-corrected chi connectivity index (χ0v) is 14.9. The molecule has 1 saturated heterocycles. The minimum atomic E-state index is -0.965. The predicted molar refractivity (Wildman–Crippen MR) is 96.1 cm³/mol. The largest absolute Gasteiger partial charge is 0.443 e. The summed E-state index contributed by atoms with van der Waals surface area (Å²) >= 11 is 0.936. The fraction of sp³-hybridized carbons (Fsp3) is 0.412. The van der Waals surface area contributed by atoms with E-state index in [1.165, 1.54) is 4.90 Å². The molecule has 0 unspecified atom stereocenters. The lowest BCUT2D eigenvalue weighted by Gasteiger charge is -2.25. The number of rotatable bonds is 8. The Morgan fingerprint density at radius 1 is 1.35 bits per heavy atom. The predicted octanol–water partition coefficient (Wildman–Crippen LogP) is 0.125. The first-order valence-electron chi connectivity index (χ1n) is 8.18. The van der Waals surface area contributed by atoms with Crippen LogP contribution in [0.25, 0.3) is 0 Å². The Labute approximate surface area is 155 Å². The molecule has 0 spiro atoms. The van der Waals surface area contributed by atoms with Crippen LogP contribution in [-0.2, 0) is 19.1 Å². The molecule has 0 saturated carbocycles. The van der Waals surface area contributed by atoms with Gasteiger partial charge in [-0.15, -0.1) is 0 Å². The summed E-state index contributed by atoms with van der Waals surface area (Å²) in [4.78, 5) is 48.5. The van der Waals surface area contributed by atoms with Crippen molar-refractivity contribution < 1.29 is 23.9 Å². The van der Waals surface area contributed by atoms with Gasteiger partial charge in [0.1, 0.15) is 6.04 Å². The summed E-state index contributed by atoms with van der Waals surface area (Å²) in [6, 6.07) is 8.02. The van der Waals surface area contributed by atoms with Crippen molar-refractivity contribution in [3.8, 4) is 0 Å². The van der Waals surface area contributed by atoms with Gasteiger partial charge in [0.15, 0.2) is 6.23 Å². The molecule has 0 aromatic heterocycles. The zero-order valence-electron chi connectivity index (χ0n) is 14.1. The smallest absolute Gasteiger partial charge is 0.295 e. The van der Waals surface area contributed by atoms with Crippen LogP contribution < -0.4 is 11.1 Å². The molecule has 2 amide bonds. The van der Waals surface area contributed by atoms with Crippen LogP contribution in [-0.4, -0.2) is 59.4 Å². The van der Waals surface area contributed by atoms with E-state index >= 15 is 0 Å². The minimum Gasteiger partial charge on any atom is -0.443 e. The molecule has 9 heteroatoms. The van der Waals surface area contributed by atoms with Gasteiger partial charge in [-0.05, 0) is 12.8 Å². The number of ether oxygens (including phenoxy) is 1. The van der Waals surface area contributed by atoms with Crippen molar-refractivity contribution in [2.45, 2.75) is 25.1 Å². The fourth-order valence-electron chi connectivity index (χ4n) is 2.70. The van der Waals surface area contributed by atoms with Crippen molar-refractivity contribution in [2.75, 3.05) is 18.8 Å². The monoisotopic (exact) mass is 379 g/mol. The van der Waals surface area contributed by atoms with E-state index in [9.17, 15) is 19.2 Å². The molecule has 2 rings (SSSR count). The summed E-state index contributed by atoms with van der Waals surface area (Å²) in [6.45, 7) is 0.518. The SMILES string of the molecule is NCC(=O)N1CCC[C@H]1C(=O)N[C@@H](CSC(=O)c1ccccc1)OC=O. The van der Waals surface area contributed by atoms with Gasteiger partial charge in [0.25, 0.3) is 6.47 Å². The molecule has 0 radical (unpaired) electrons. The van der Waals surface area contributed by atoms with Crippen molar-refractivity contribution in [3.05, 3.63) is 35.9 Å². The number of carbonyl (C=O) groups excluding carboxylic acids is 4. The Kier molecular flexibility index (Phi) is 7.61. The van der Waals surface area contributed by atoms with Gasteiger partial charge in [0.05, 0.1) is 12.3 Å². The summed E-state index contributed by atoms with van der Waals surface area (Å²) in [7, 11) is 0. The Hall–Kier alpha value is -2.39. The topological polar surface area (TPSA) is 119 Å². The summed E-state index contributed by atoms with van der Waals surface area (Å²) in [5.74, 6) is -0.663. The van der Waals surface area contributed by atoms with Gasteiger partial charge in [-0.2, -0.15) is 0 Å². The normalized spacial score (nSPS) is 17.4. The molecule has 0 bridgehead atoms. The lowest BCUT2D eigenvalue weighted by Crippen LogP contribution is -2.51. The second kappa shape index (κ2) is 9.93. The summed E-state index contributed by atoms with van der Waals surface area (Å²) in [6.07, 6.45) is 0.249. The van der Waals surface area contributed by atoms with E-state index in [0.717, 1.165) is 11.8 Å². The number of nitrogens with one attached hydrogen (secondary N) is 1. The number of likely N-dealkylation sites (tertiary alicyclic amines) is 1. The maximum atomic E-state index is 12.4. The molecule has 26 heavy (non-hydrogen) atoms. The van der Waals surface area contributed by atoms with E-state index in [-0.39, 0.29) is 29.8 Å². The van der Waals surface area contributed by atoms with Crippen molar-refractivity contribution in [3.63, 3.8) is 0 Å². The van der Waals surface area contributed by atoms with E-state index in [1.54, 1.807) is 30.3 Å². The van der Waals surface area contributed by atoms with E-state index in [0.29, 0.717) is 24.9 Å². The number of nitrogens with zero attached hydrogens (tertiary/aromatic N) is 1. The van der Waals surface area contributed by atoms with Crippen LogP contribution in [0.3, 0.4) is 0 Å². The number of nitrogens with two attached hydrogens (primary N) is 1. The van der Waals surface area contributed by atoms with Gasteiger partial charge in [0.2, 0.25) is 16.9 Å². The Morgan fingerprint density at radius 3 is 2.73 bits per heavy atom. The van der Waals surface area contributed by atoms with Crippen LogP contribution in [0.1, 0.15) is 23.2 Å². The average Bonchev–Trinajstić information content (AvgIpc) is 3.16. The second-order valence-corrected chi connectivity index (χ2v) is 6.64. The first kappa shape index (κ1) is 19.9. The van der Waals surface area contributed by atoms with Gasteiger partial charge < -0.3 is 20.7 Å². The zero-order chi connectivity index (χ0) is 18.9. The van der Waals surface area contributed by atoms with Gasteiger partial charge in [-0.25, -0.2) is 0 Å². The van der Waals surface area contributed by atoms with E-state index in [4.69, 9.17) is 10.5 Å². The highest BCUT2D eigenvalue weighted by atomic mass is 32.2. The number of carbonyl (C=O) groups is 4. The fourth-order valence-corrected chi connectivity index (χ4v) is 3.47. The van der Waals surface area contributed by atoms with Crippen molar-refractivity contribution in [2.24, 2.45) is 5.73 Å². The van der Waals surface area contributed by atoms with Crippen molar-refractivity contribution in [1.82, 2.24) is 10.2 Å². The third-order valence-electron chi connectivity index (χ3n) is 3.95. The minimum absolute atomic E-state index is 0.0652. The van der Waals surface area contributed by atoms with Crippen molar-refractivity contribution in [1.29, 1.82) is 0 Å². The van der Waals surface area contributed by atoms with E-state index in [1.807, 2.05) is 0 Å². The molecule has 1 aromatic rings. The maximum absolute atomic E-state index is 12.4. The molecular formula is C17H21N3O5S. The Bertz CT molecular complexity index is 655. The highest BCUT2D eigenvalue weighted by Gasteiger charge is 2.34. The third-order valence-corrected chi connectivity index (χ3v) is 4.92. The summed E-state index contributed by atoms with van der Waals surface area (Å²) < 4.78 is 4.87. The molecule has 3 N–H and O–H groups in total. The van der Waals surface area contributed by atoms with Gasteiger partial charge in [-0.1, -0.05) is 42.1 Å². The number of thioether (sulfide) groups is 1. The van der Waals surface area contributed by atoms with Crippen LogP contribution in [0.15, 0.2) is 30.3 Å². The summed E-state index contributed by atoms with van der Waals surface area (Å²) in [5.41, 5.74) is 5.88. The average molecular weight is 379 g/mol. The van der Waals surface area contributed by atoms with Gasteiger partial charge >= 0.3 is 0 Å². The second-order valence-electron chi connectivity index (χ2n) is 5.64. The Balaban J connectivity index is 1.92. The van der Waals surface area contributed by atoms with Crippen LogP contribution in [0.5, 0.6) is 0 Å². The van der Waals surface area contributed by atoms with Crippen LogP contribution >= 0.6 is 11.8 Å². The number of hydrogen-bond acceptors (Lipinski definition) is 7. The molecule has 8 nitrogen and oxygen atoms in total. The molecule has 1 heterocycles. The molecule has 1 aliphatic rings. The number of benzene rings is 1. The van der Waals surface area contributed by atoms with Crippen molar-refractivity contribution >= 4 is 35.2 Å². The molecule has 1 aliphatic heterocycles. The van der Waals surface area contributed by atoms with Crippen LogP contribution in [0.2, 0.25) is 0 Å². The highest BCUT2D eigenvalue weighted by Crippen LogP contribution is 2.18. The Morgan fingerprint density at radius 2 is 2.08 bits per heavy atom. The molecule has 1 fully saturated rings. The van der Waals surface area contributed by atoms with Gasteiger partial charge in [-0.3, -0.25) is 19.2 Å². The quantitative estimate of drug-likeness (QED) is 0.486. The first-order chi connectivity index (χ1) is 12.6. The lowest BCUT2D eigenvalue weighted by molar-refractivity contribution is -0.142. The molecule has 140 valence electrons. The molecule has 0 aliphatic carbocycles. The first-order valence-corrected chi connectivity index (χ1v) is 9.16. The maximum Gasteiger partial charge on any atom is 0.295 e. The van der Waals surface area contributed by atoms with E-state index < -0.39 is 18.2 Å². The molecule has 1 aromatic carbocycles. The number of hydrogen-bond donors (Lipinski definition) is 2. The van der Waals surface area contributed by atoms with Gasteiger partial charge in [0, 0.05) is 12.1 Å². The van der Waals surface area contributed by atoms with Crippen LogP contribution in [0.4, 0.5) is 0 Å². The van der Waals surface area contributed by atoms with E-state index in [2.05, 4.69) is 5.32 Å². The highest BCUT2D eigenvalue weighted by molar-refractivity contribution is 8.14. The molecule has 2 atom stereocenters. The van der Waals surface area contributed by atoms with Crippen LogP contribution in [0, 0.1) is 0 Å². The lowest BCUT2D eigenvalue weighted by atomic mass is 10.2. The third kappa shape index (κ3) is 5.30. The molecular weight excluding hydrogens is 358 g/mol. The standard InChI is InChI=1S/C17H21N3O5S/c18-9-15(22)20-8-4-7-13(20)16(23)19-14(25-11-21)10-26-17(24)12-5-2-1-3-6-12/h1-3,5-6,11,13-14H,4,7-10,18H2,(H,19,23)/t13-,14+/m0/s1. The summed E-state index contributed by atoms with van der Waals surface area (Å²) in [5, 5.41) is 2.38. The number of amides is 2.